The number of aryl methyl sites for hydroxylation is 2. The van der Waals surface area contributed by atoms with Crippen molar-refractivity contribution in [2.24, 2.45) is 0 Å². The number of aromatic nitrogens is 2. The van der Waals surface area contributed by atoms with Crippen LogP contribution in [0.3, 0.4) is 0 Å². The predicted molar refractivity (Wildman–Crippen MR) is 87.0 cm³/mol. The first kappa shape index (κ1) is 13.5. The molecule has 2 heteroatoms. The van der Waals surface area contributed by atoms with Crippen LogP contribution in [0.2, 0.25) is 0 Å². The van der Waals surface area contributed by atoms with Gasteiger partial charge in [-0.2, -0.15) is 0 Å². The van der Waals surface area contributed by atoms with Crippen LogP contribution >= 0.6 is 0 Å². The summed E-state index contributed by atoms with van der Waals surface area (Å²) >= 11 is 0. The van der Waals surface area contributed by atoms with E-state index < -0.39 is 0 Å². The van der Waals surface area contributed by atoms with Gasteiger partial charge >= 0.3 is 0 Å². The Morgan fingerprint density at radius 1 is 0.857 bits per heavy atom. The predicted octanol–water partition coefficient (Wildman–Crippen LogP) is 4.68. The Balaban J connectivity index is 2.06. The fraction of sp³-hybridized carbons (Fsp3) is 0.158. The molecule has 0 unspecified atom stereocenters. The molecular formula is C19H18N2. The summed E-state index contributed by atoms with van der Waals surface area (Å²) in [6.45, 7) is 4.25. The minimum absolute atomic E-state index is 0.892. The van der Waals surface area contributed by atoms with Crippen LogP contribution < -0.4 is 0 Å². The molecule has 2 aromatic carbocycles. The molecule has 0 atom stereocenters. The summed E-state index contributed by atoms with van der Waals surface area (Å²) in [4.78, 5) is 8.95. The summed E-state index contributed by atoms with van der Waals surface area (Å²) in [5.41, 5.74) is 6.91. The van der Waals surface area contributed by atoms with E-state index in [0.29, 0.717) is 0 Å². The number of hydrogen-bond donors (Lipinski definition) is 0. The fourth-order valence-electron chi connectivity index (χ4n) is 2.59. The Morgan fingerprint density at radius 3 is 2.33 bits per heavy atom. The lowest BCUT2D eigenvalue weighted by molar-refractivity contribution is 1.00. The zero-order chi connectivity index (χ0) is 14.7. The second-order valence-electron chi connectivity index (χ2n) is 5.10. The van der Waals surface area contributed by atoms with E-state index in [0.717, 1.165) is 17.8 Å². The van der Waals surface area contributed by atoms with Crippen LogP contribution in [0.5, 0.6) is 0 Å². The van der Waals surface area contributed by atoms with Crippen molar-refractivity contribution in [2.75, 3.05) is 0 Å². The molecule has 104 valence electrons. The van der Waals surface area contributed by atoms with Crippen molar-refractivity contribution in [3.8, 4) is 22.4 Å². The Hall–Kier alpha value is -2.48. The molecule has 0 fully saturated rings. The van der Waals surface area contributed by atoms with Gasteiger partial charge in [-0.25, -0.2) is 0 Å². The minimum Gasteiger partial charge on any atom is -0.257 e. The molecule has 0 spiro atoms. The van der Waals surface area contributed by atoms with Crippen LogP contribution in [0, 0.1) is 6.92 Å². The molecule has 0 saturated heterocycles. The van der Waals surface area contributed by atoms with Gasteiger partial charge in [0.25, 0.3) is 0 Å². The minimum atomic E-state index is 0.892. The van der Waals surface area contributed by atoms with Gasteiger partial charge in [-0.15, -0.1) is 0 Å². The van der Waals surface area contributed by atoms with Gasteiger partial charge < -0.3 is 0 Å². The smallest absolute Gasteiger partial charge is 0.0919 e. The molecule has 0 aliphatic heterocycles. The highest BCUT2D eigenvalue weighted by atomic mass is 14.8. The molecule has 1 aromatic heterocycles. The molecule has 0 bridgehead atoms. The normalized spacial score (nSPS) is 10.6. The van der Waals surface area contributed by atoms with Crippen molar-refractivity contribution in [2.45, 2.75) is 20.3 Å². The zero-order valence-electron chi connectivity index (χ0n) is 12.4. The van der Waals surface area contributed by atoms with Gasteiger partial charge in [0, 0.05) is 18.0 Å². The highest BCUT2D eigenvalue weighted by molar-refractivity contribution is 5.72. The SMILES string of the molecule is CCc1nccnc1-c1ccc(-c2ccccc2)cc1C. The van der Waals surface area contributed by atoms with E-state index in [-0.39, 0.29) is 0 Å². The Bertz CT molecular complexity index is 749. The van der Waals surface area contributed by atoms with Gasteiger partial charge in [0.2, 0.25) is 0 Å². The third-order valence-corrected chi connectivity index (χ3v) is 3.70. The first-order valence-corrected chi connectivity index (χ1v) is 7.26. The maximum absolute atomic E-state index is 4.52. The lowest BCUT2D eigenvalue weighted by Crippen LogP contribution is -1.96. The molecule has 21 heavy (non-hydrogen) atoms. The van der Waals surface area contributed by atoms with Crippen LogP contribution in [0.4, 0.5) is 0 Å². The molecule has 1 heterocycles. The van der Waals surface area contributed by atoms with Crippen molar-refractivity contribution in [1.82, 2.24) is 9.97 Å². The average Bonchev–Trinajstić information content (AvgIpc) is 2.55. The van der Waals surface area contributed by atoms with Crippen LogP contribution in [0.15, 0.2) is 60.9 Å². The van der Waals surface area contributed by atoms with Crippen molar-refractivity contribution in [1.29, 1.82) is 0 Å². The van der Waals surface area contributed by atoms with Gasteiger partial charge in [-0.3, -0.25) is 9.97 Å². The Kier molecular flexibility index (Phi) is 3.78. The fourth-order valence-corrected chi connectivity index (χ4v) is 2.59. The lowest BCUT2D eigenvalue weighted by Gasteiger charge is -2.11. The molecular weight excluding hydrogens is 256 g/mol. The third kappa shape index (κ3) is 2.70. The van der Waals surface area contributed by atoms with E-state index in [4.69, 9.17) is 0 Å². The summed E-state index contributed by atoms with van der Waals surface area (Å²) in [6.07, 6.45) is 4.41. The maximum atomic E-state index is 4.52. The van der Waals surface area contributed by atoms with E-state index in [1.807, 2.05) is 6.07 Å². The quantitative estimate of drug-likeness (QED) is 0.693. The average molecular weight is 274 g/mol. The van der Waals surface area contributed by atoms with Crippen LogP contribution in [0.1, 0.15) is 18.2 Å². The number of hydrogen-bond acceptors (Lipinski definition) is 2. The number of nitrogens with zero attached hydrogens (tertiary/aromatic N) is 2. The molecule has 3 aromatic rings. The van der Waals surface area contributed by atoms with E-state index >= 15 is 0 Å². The molecule has 0 aliphatic carbocycles. The first-order chi connectivity index (χ1) is 10.3. The first-order valence-electron chi connectivity index (χ1n) is 7.26. The maximum Gasteiger partial charge on any atom is 0.0919 e. The summed E-state index contributed by atoms with van der Waals surface area (Å²) in [5.74, 6) is 0. The highest BCUT2D eigenvalue weighted by Gasteiger charge is 2.09. The Morgan fingerprint density at radius 2 is 1.62 bits per heavy atom. The van der Waals surface area contributed by atoms with Crippen LogP contribution in [-0.4, -0.2) is 9.97 Å². The van der Waals surface area contributed by atoms with E-state index in [1.54, 1.807) is 12.4 Å². The van der Waals surface area contributed by atoms with Gasteiger partial charge in [0.1, 0.15) is 0 Å². The van der Waals surface area contributed by atoms with E-state index in [9.17, 15) is 0 Å². The molecule has 3 rings (SSSR count). The zero-order valence-corrected chi connectivity index (χ0v) is 12.4. The largest absolute Gasteiger partial charge is 0.257 e. The summed E-state index contributed by atoms with van der Waals surface area (Å²) in [5, 5.41) is 0. The summed E-state index contributed by atoms with van der Waals surface area (Å²) < 4.78 is 0. The van der Waals surface area contributed by atoms with Crippen LogP contribution in [0.25, 0.3) is 22.4 Å². The highest BCUT2D eigenvalue weighted by Crippen LogP contribution is 2.28. The molecule has 0 aliphatic rings. The van der Waals surface area contributed by atoms with Crippen molar-refractivity contribution in [3.05, 3.63) is 72.2 Å². The standard InChI is InChI=1S/C19H18N2/c1-3-18-19(21-12-11-20-18)17-10-9-16(13-14(17)2)15-7-5-4-6-8-15/h4-13H,3H2,1-2H3. The summed E-state index contributed by atoms with van der Waals surface area (Å²) in [6, 6.07) is 17.0. The molecule has 2 nitrogen and oxygen atoms in total. The van der Waals surface area contributed by atoms with E-state index in [1.165, 1.54) is 22.3 Å². The second-order valence-corrected chi connectivity index (χ2v) is 5.10. The monoisotopic (exact) mass is 274 g/mol. The van der Waals surface area contributed by atoms with Crippen molar-refractivity contribution >= 4 is 0 Å². The topological polar surface area (TPSA) is 25.8 Å². The van der Waals surface area contributed by atoms with Crippen LogP contribution in [-0.2, 0) is 6.42 Å². The van der Waals surface area contributed by atoms with Crippen molar-refractivity contribution < 1.29 is 0 Å². The molecule has 0 amide bonds. The number of rotatable bonds is 3. The Labute approximate surface area is 125 Å². The number of benzene rings is 2. The molecule has 0 radical (unpaired) electrons. The molecule has 0 N–H and O–H groups in total. The summed E-state index contributed by atoms with van der Waals surface area (Å²) in [7, 11) is 0. The lowest BCUT2D eigenvalue weighted by atomic mass is 9.97. The van der Waals surface area contributed by atoms with E-state index in [2.05, 4.69) is 66.3 Å². The van der Waals surface area contributed by atoms with Gasteiger partial charge in [0.05, 0.1) is 11.4 Å². The second kappa shape index (κ2) is 5.88. The van der Waals surface area contributed by atoms with Gasteiger partial charge in [-0.05, 0) is 30.0 Å². The third-order valence-electron chi connectivity index (χ3n) is 3.70. The van der Waals surface area contributed by atoms with Crippen molar-refractivity contribution in [3.63, 3.8) is 0 Å². The van der Waals surface area contributed by atoms with Gasteiger partial charge in [0.15, 0.2) is 0 Å². The van der Waals surface area contributed by atoms with Gasteiger partial charge in [-0.1, -0.05) is 55.5 Å². The molecule has 0 saturated carbocycles.